The lowest BCUT2D eigenvalue weighted by Gasteiger charge is -2.12. The highest BCUT2D eigenvalue weighted by Gasteiger charge is 2.19. The number of aromatic nitrogens is 1. The predicted octanol–water partition coefficient (Wildman–Crippen LogP) is 2.82. The zero-order valence-corrected chi connectivity index (χ0v) is 13.8. The molecule has 0 atom stereocenters. The number of carbonyl (C=O) groups excluding carboxylic acids is 2. The summed E-state index contributed by atoms with van der Waals surface area (Å²) in [5.41, 5.74) is 1.39. The van der Waals surface area contributed by atoms with E-state index in [1.807, 2.05) is 0 Å². The van der Waals surface area contributed by atoms with Crippen molar-refractivity contribution in [1.82, 2.24) is 15.6 Å². The fourth-order valence-electron chi connectivity index (χ4n) is 2.91. The van der Waals surface area contributed by atoms with Crippen molar-refractivity contribution in [1.29, 1.82) is 0 Å². The molecule has 2 aromatic rings. The third-order valence-electron chi connectivity index (χ3n) is 4.31. The van der Waals surface area contributed by atoms with Gasteiger partial charge in [0.15, 0.2) is 0 Å². The summed E-state index contributed by atoms with van der Waals surface area (Å²) in [4.78, 5) is 28.5. The molecule has 6 heteroatoms. The number of benzene rings is 1. The Hall–Kier alpha value is -2.76. The van der Waals surface area contributed by atoms with Crippen LogP contribution in [-0.2, 0) is 6.54 Å². The number of pyridine rings is 1. The summed E-state index contributed by atoms with van der Waals surface area (Å²) >= 11 is 0. The van der Waals surface area contributed by atoms with Crippen LogP contribution in [-0.4, -0.2) is 22.8 Å². The molecule has 0 bridgehead atoms. The van der Waals surface area contributed by atoms with Gasteiger partial charge in [0.05, 0.1) is 0 Å². The van der Waals surface area contributed by atoms with Crippen LogP contribution in [0, 0.1) is 5.82 Å². The molecular formula is C19H20FN3O2. The fraction of sp³-hybridized carbons (Fsp3) is 0.316. The van der Waals surface area contributed by atoms with Crippen molar-refractivity contribution in [2.75, 3.05) is 0 Å². The SMILES string of the molecule is O=C(NC1CCCC1)c1ccnc(C(=O)NCc2ccc(F)cc2)c1. The number of halogens is 1. The van der Waals surface area contributed by atoms with Gasteiger partial charge in [0.25, 0.3) is 11.8 Å². The molecule has 1 fully saturated rings. The minimum atomic E-state index is -0.375. The van der Waals surface area contributed by atoms with Crippen LogP contribution in [0.4, 0.5) is 4.39 Å². The topological polar surface area (TPSA) is 71.1 Å². The lowest BCUT2D eigenvalue weighted by Crippen LogP contribution is -2.33. The van der Waals surface area contributed by atoms with Crippen molar-refractivity contribution in [3.05, 3.63) is 65.2 Å². The third kappa shape index (κ3) is 4.62. The Morgan fingerprint density at radius 1 is 1.08 bits per heavy atom. The van der Waals surface area contributed by atoms with E-state index in [2.05, 4.69) is 15.6 Å². The monoisotopic (exact) mass is 341 g/mol. The van der Waals surface area contributed by atoms with E-state index >= 15 is 0 Å². The van der Waals surface area contributed by atoms with Gasteiger partial charge in [-0.3, -0.25) is 14.6 Å². The molecule has 0 spiro atoms. The van der Waals surface area contributed by atoms with Crippen LogP contribution in [0.2, 0.25) is 0 Å². The molecule has 1 aromatic heterocycles. The number of rotatable bonds is 5. The second-order valence-corrected chi connectivity index (χ2v) is 6.19. The average molecular weight is 341 g/mol. The molecule has 5 nitrogen and oxygen atoms in total. The number of amides is 2. The van der Waals surface area contributed by atoms with E-state index in [1.165, 1.54) is 24.4 Å². The highest BCUT2D eigenvalue weighted by atomic mass is 19.1. The summed E-state index contributed by atoms with van der Waals surface area (Å²) in [5.74, 6) is -0.876. The second-order valence-electron chi connectivity index (χ2n) is 6.19. The standard InChI is InChI=1S/C19H20FN3O2/c20-15-7-5-13(6-8-15)12-22-19(25)17-11-14(9-10-21-17)18(24)23-16-3-1-2-4-16/h5-11,16H,1-4,12H2,(H,22,25)(H,23,24). The van der Waals surface area contributed by atoms with Crippen molar-refractivity contribution in [3.63, 3.8) is 0 Å². The minimum Gasteiger partial charge on any atom is -0.349 e. The van der Waals surface area contributed by atoms with Gasteiger partial charge in [-0.1, -0.05) is 25.0 Å². The number of nitrogens with zero attached hydrogens (tertiary/aromatic N) is 1. The summed E-state index contributed by atoms with van der Waals surface area (Å²) < 4.78 is 12.9. The van der Waals surface area contributed by atoms with E-state index in [4.69, 9.17) is 0 Å². The number of carbonyl (C=O) groups is 2. The van der Waals surface area contributed by atoms with E-state index in [0.29, 0.717) is 5.56 Å². The van der Waals surface area contributed by atoms with Crippen LogP contribution in [0.3, 0.4) is 0 Å². The molecule has 2 amide bonds. The number of nitrogens with one attached hydrogen (secondary N) is 2. The van der Waals surface area contributed by atoms with Crippen molar-refractivity contribution in [3.8, 4) is 0 Å². The van der Waals surface area contributed by atoms with Gasteiger partial charge >= 0.3 is 0 Å². The highest BCUT2D eigenvalue weighted by molar-refractivity contribution is 5.98. The molecule has 25 heavy (non-hydrogen) atoms. The predicted molar refractivity (Wildman–Crippen MR) is 91.5 cm³/mol. The molecule has 1 saturated carbocycles. The van der Waals surface area contributed by atoms with E-state index in [9.17, 15) is 14.0 Å². The quantitative estimate of drug-likeness (QED) is 0.878. The van der Waals surface area contributed by atoms with Gasteiger partial charge in [-0.25, -0.2) is 4.39 Å². The number of hydrogen-bond donors (Lipinski definition) is 2. The molecule has 1 heterocycles. The maximum atomic E-state index is 12.9. The largest absolute Gasteiger partial charge is 0.349 e. The van der Waals surface area contributed by atoms with Gasteiger partial charge in [-0.2, -0.15) is 0 Å². The van der Waals surface area contributed by atoms with Crippen molar-refractivity contribution >= 4 is 11.8 Å². The van der Waals surface area contributed by atoms with Gasteiger partial charge < -0.3 is 10.6 Å². The summed E-state index contributed by atoms with van der Waals surface area (Å²) in [6.07, 6.45) is 5.73. The first kappa shape index (κ1) is 17.1. The number of hydrogen-bond acceptors (Lipinski definition) is 3. The average Bonchev–Trinajstić information content (AvgIpc) is 3.14. The smallest absolute Gasteiger partial charge is 0.270 e. The molecular weight excluding hydrogens is 321 g/mol. The van der Waals surface area contributed by atoms with E-state index in [0.717, 1.165) is 31.2 Å². The Kier molecular flexibility index (Phi) is 5.38. The zero-order chi connectivity index (χ0) is 17.6. The van der Waals surface area contributed by atoms with Crippen LogP contribution in [0.15, 0.2) is 42.6 Å². The molecule has 1 aliphatic carbocycles. The Morgan fingerprint density at radius 3 is 2.52 bits per heavy atom. The summed E-state index contributed by atoms with van der Waals surface area (Å²) in [7, 11) is 0. The maximum Gasteiger partial charge on any atom is 0.270 e. The Labute approximate surface area is 145 Å². The first-order valence-electron chi connectivity index (χ1n) is 8.41. The maximum absolute atomic E-state index is 12.9. The molecule has 130 valence electrons. The summed E-state index contributed by atoms with van der Waals surface area (Å²) in [5, 5.41) is 5.71. The van der Waals surface area contributed by atoms with E-state index in [-0.39, 0.29) is 35.9 Å². The molecule has 1 aliphatic rings. The minimum absolute atomic E-state index is 0.179. The van der Waals surface area contributed by atoms with E-state index in [1.54, 1.807) is 18.2 Å². The molecule has 0 saturated heterocycles. The second kappa shape index (κ2) is 7.88. The molecule has 3 rings (SSSR count). The van der Waals surface area contributed by atoms with E-state index < -0.39 is 0 Å². The molecule has 2 N–H and O–H groups in total. The zero-order valence-electron chi connectivity index (χ0n) is 13.8. The highest BCUT2D eigenvalue weighted by Crippen LogP contribution is 2.18. The molecule has 0 unspecified atom stereocenters. The Bertz CT molecular complexity index is 756. The Morgan fingerprint density at radius 2 is 1.80 bits per heavy atom. The van der Waals surface area contributed by atoms with Gasteiger partial charge in [0.2, 0.25) is 0 Å². The van der Waals surface area contributed by atoms with Crippen molar-refractivity contribution < 1.29 is 14.0 Å². The van der Waals surface area contributed by atoms with Gasteiger partial charge in [-0.05, 0) is 42.7 Å². The van der Waals surface area contributed by atoms with Crippen molar-refractivity contribution in [2.24, 2.45) is 0 Å². The normalized spacial score (nSPS) is 14.3. The molecule has 0 radical (unpaired) electrons. The first-order valence-corrected chi connectivity index (χ1v) is 8.41. The third-order valence-corrected chi connectivity index (χ3v) is 4.31. The van der Waals surface area contributed by atoms with Gasteiger partial charge in [0, 0.05) is 24.3 Å². The van der Waals surface area contributed by atoms with Crippen LogP contribution in [0.25, 0.3) is 0 Å². The molecule has 0 aliphatic heterocycles. The van der Waals surface area contributed by atoms with Crippen LogP contribution >= 0.6 is 0 Å². The summed E-state index contributed by atoms with van der Waals surface area (Å²) in [6, 6.07) is 9.20. The first-order chi connectivity index (χ1) is 12.1. The Balaban J connectivity index is 1.60. The fourth-order valence-corrected chi connectivity index (χ4v) is 2.91. The molecule has 1 aromatic carbocycles. The van der Waals surface area contributed by atoms with Crippen LogP contribution in [0.5, 0.6) is 0 Å². The van der Waals surface area contributed by atoms with Crippen LogP contribution in [0.1, 0.15) is 52.1 Å². The van der Waals surface area contributed by atoms with Crippen molar-refractivity contribution in [2.45, 2.75) is 38.3 Å². The lowest BCUT2D eigenvalue weighted by molar-refractivity contribution is 0.0937. The van der Waals surface area contributed by atoms with Gasteiger partial charge in [-0.15, -0.1) is 0 Å². The van der Waals surface area contributed by atoms with Crippen LogP contribution < -0.4 is 10.6 Å². The lowest BCUT2D eigenvalue weighted by atomic mass is 10.1. The summed E-state index contributed by atoms with van der Waals surface area (Å²) in [6.45, 7) is 0.263. The van der Waals surface area contributed by atoms with Gasteiger partial charge in [0.1, 0.15) is 11.5 Å².